The number of benzene rings is 1. The SMILES string of the molecule is COc1cc(OC)cc(C(=O)N2CCCN(C(=O)c3ccccn3)CC2)c1. The molecule has 1 aromatic heterocycles. The van der Waals surface area contributed by atoms with Gasteiger partial charge < -0.3 is 19.3 Å². The van der Waals surface area contributed by atoms with Crippen LogP contribution in [-0.4, -0.2) is 67.0 Å². The maximum Gasteiger partial charge on any atom is 0.272 e. The normalized spacial score (nSPS) is 14.4. The van der Waals surface area contributed by atoms with E-state index in [0.717, 1.165) is 0 Å². The van der Waals surface area contributed by atoms with Crippen LogP contribution in [-0.2, 0) is 0 Å². The molecule has 0 aliphatic carbocycles. The van der Waals surface area contributed by atoms with Gasteiger partial charge >= 0.3 is 0 Å². The second kappa shape index (κ2) is 8.53. The third kappa shape index (κ3) is 4.36. The van der Waals surface area contributed by atoms with E-state index in [-0.39, 0.29) is 11.8 Å². The van der Waals surface area contributed by atoms with Crippen LogP contribution in [0.4, 0.5) is 0 Å². The molecule has 2 heterocycles. The van der Waals surface area contributed by atoms with Gasteiger partial charge in [0.15, 0.2) is 0 Å². The predicted molar refractivity (Wildman–Crippen MR) is 100 cm³/mol. The van der Waals surface area contributed by atoms with Crippen molar-refractivity contribution < 1.29 is 19.1 Å². The Labute approximate surface area is 158 Å². The minimum atomic E-state index is -0.104. The van der Waals surface area contributed by atoms with Crippen molar-refractivity contribution in [2.24, 2.45) is 0 Å². The van der Waals surface area contributed by atoms with Crippen LogP contribution in [0, 0.1) is 0 Å². The lowest BCUT2D eigenvalue weighted by atomic mass is 10.1. The zero-order valence-electron chi connectivity index (χ0n) is 15.6. The van der Waals surface area contributed by atoms with E-state index in [1.165, 1.54) is 0 Å². The highest BCUT2D eigenvalue weighted by atomic mass is 16.5. The maximum absolute atomic E-state index is 12.9. The minimum absolute atomic E-state index is 0.0978. The van der Waals surface area contributed by atoms with Gasteiger partial charge in [-0.1, -0.05) is 6.07 Å². The molecule has 0 N–H and O–H groups in total. The van der Waals surface area contributed by atoms with Crippen LogP contribution in [0.25, 0.3) is 0 Å². The summed E-state index contributed by atoms with van der Waals surface area (Å²) < 4.78 is 10.5. The largest absolute Gasteiger partial charge is 0.497 e. The van der Waals surface area contributed by atoms with Gasteiger partial charge in [-0.05, 0) is 30.7 Å². The summed E-state index contributed by atoms with van der Waals surface area (Å²) in [6, 6.07) is 10.4. The molecule has 0 atom stereocenters. The summed E-state index contributed by atoms with van der Waals surface area (Å²) in [5.74, 6) is 0.936. The molecule has 0 bridgehead atoms. The smallest absolute Gasteiger partial charge is 0.272 e. The Morgan fingerprint density at radius 2 is 1.52 bits per heavy atom. The molecule has 1 aromatic carbocycles. The van der Waals surface area contributed by atoms with E-state index in [4.69, 9.17) is 9.47 Å². The van der Waals surface area contributed by atoms with E-state index >= 15 is 0 Å². The van der Waals surface area contributed by atoms with Gasteiger partial charge in [-0.3, -0.25) is 14.6 Å². The molecule has 1 saturated heterocycles. The lowest BCUT2D eigenvalue weighted by molar-refractivity contribution is 0.0715. The van der Waals surface area contributed by atoms with Crippen LogP contribution in [0.2, 0.25) is 0 Å². The van der Waals surface area contributed by atoms with Gasteiger partial charge in [0.1, 0.15) is 17.2 Å². The molecule has 0 spiro atoms. The first-order valence-corrected chi connectivity index (χ1v) is 8.85. The molecule has 142 valence electrons. The summed E-state index contributed by atoms with van der Waals surface area (Å²) >= 11 is 0. The van der Waals surface area contributed by atoms with Crippen molar-refractivity contribution in [3.8, 4) is 11.5 Å². The van der Waals surface area contributed by atoms with Crippen molar-refractivity contribution in [2.75, 3.05) is 40.4 Å². The second-order valence-corrected chi connectivity index (χ2v) is 6.25. The van der Waals surface area contributed by atoms with Crippen LogP contribution < -0.4 is 9.47 Å². The second-order valence-electron chi connectivity index (χ2n) is 6.25. The molecule has 0 radical (unpaired) electrons. The molecular formula is C20H23N3O4. The molecule has 7 nitrogen and oxygen atoms in total. The summed E-state index contributed by atoms with van der Waals surface area (Å²) in [6.07, 6.45) is 2.32. The lowest BCUT2D eigenvalue weighted by Crippen LogP contribution is -2.37. The van der Waals surface area contributed by atoms with Gasteiger partial charge in [0.05, 0.1) is 14.2 Å². The number of methoxy groups -OCH3 is 2. The molecule has 3 rings (SSSR count). The van der Waals surface area contributed by atoms with Crippen molar-refractivity contribution in [2.45, 2.75) is 6.42 Å². The fourth-order valence-corrected chi connectivity index (χ4v) is 3.09. The van der Waals surface area contributed by atoms with Crippen molar-refractivity contribution in [3.63, 3.8) is 0 Å². The number of hydrogen-bond donors (Lipinski definition) is 0. The van der Waals surface area contributed by atoms with Gasteiger partial charge in [-0.25, -0.2) is 0 Å². The van der Waals surface area contributed by atoms with Crippen LogP contribution in [0.3, 0.4) is 0 Å². The average molecular weight is 369 g/mol. The number of nitrogens with zero attached hydrogens (tertiary/aromatic N) is 3. The zero-order valence-corrected chi connectivity index (χ0v) is 15.6. The van der Waals surface area contributed by atoms with Crippen LogP contribution in [0.1, 0.15) is 27.3 Å². The number of pyridine rings is 1. The van der Waals surface area contributed by atoms with Crippen LogP contribution in [0.5, 0.6) is 11.5 Å². The molecule has 27 heavy (non-hydrogen) atoms. The minimum Gasteiger partial charge on any atom is -0.497 e. The van der Waals surface area contributed by atoms with E-state index < -0.39 is 0 Å². The number of rotatable bonds is 4. The summed E-state index contributed by atoms with van der Waals surface area (Å²) in [4.78, 5) is 33.2. The molecule has 0 unspecified atom stereocenters. The van der Waals surface area contributed by atoms with Gasteiger partial charge in [0.2, 0.25) is 0 Å². The fraction of sp³-hybridized carbons (Fsp3) is 0.350. The van der Waals surface area contributed by atoms with E-state index in [1.807, 2.05) is 0 Å². The third-order valence-corrected chi connectivity index (χ3v) is 4.55. The van der Waals surface area contributed by atoms with E-state index in [1.54, 1.807) is 66.6 Å². The number of ether oxygens (including phenoxy) is 2. The molecule has 1 aliphatic rings. The highest BCUT2D eigenvalue weighted by molar-refractivity contribution is 5.95. The summed E-state index contributed by atoms with van der Waals surface area (Å²) in [6.45, 7) is 2.13. The van der Waals surface area contributed by atoms with E-state index in [0.29, 0.717) is 55.4 Å². The molecule has 2 amide bonds. The van der Waals surface area contributed by atoms with Crippen molar-refractivity contribution in [1.82, 2.24) is 14.8 Å². The van der Waals surface area contributed by atoms with Gasteiger partial charge in [0, 0.05) is 44.0 Å². The first-order valence-electron chi connectivity index (χ1n) is 8.85. The van der Waals surface area contributed by atoms with E-state index in [9.17, 15) is 9.59 Å². The molecular weight excluding hydrogens is 346 g/mol. The Hall–Kier alpha value is -3.09. The number of hydrogen-bond acceptors (Lipinski definition) is 5. The quantitative estimate of drug-likeness (QED) is 0.825. The molecule has 2 aromatic rings. The average Bonchev–Trinajstić information content (AvgIpc) is 2.99. The lowest BCUT2D eigenvalue weighted by Gasteiger charge is -2.22. The summed E-state index contributed by atoms with van der Waals surface area (Å²) in [5, 5.41) is 0. The molecule has 0 saturated carbocycles. The Kier molecular flexibility index (Phi) is 5.90. The Morgan fingerprint density at radius 1 is 0.889 bits per heavy atom. The Morgan fingerprint density at radius 3 is 2.07 bits per heavy atom. The predicted octanol–water partition coefficient (Wildman–Crippen LogP) is 2.09. The van der Waals surface area contributed by atoms with Gasteiger partial charge in [-0.2, -0.15) is 0 Å². The summed E-state index contributed by atoms with van der Waals surface area (Å²) in [5.41, 5.74) is 0.936. The standard InChI is InChI=1S/C20H23N3O4/c1-26-16-12-15(13-17(14-16)27-2)19(24)22-8-5-9-23(11-10-22)20(25)18-6-3-4-7-21-18/h3-4,6-7,12-14H,5,8-11H2,1-2H3. The Bertz CT molecular complexity index is 788. The molecule has 1 fully saturated rings. The number of aromatic nitrogens is 1. The Balaban J connectivity index is 1.71. The highest BCUT2D eigenvalue weighted by Crippen LogP contribution is 2.24. The maximum atomic E-state index is 12.9. The molecule has 1 aliphatic heterocycles. The number of carbonyl (C=O) groups excluding carboxylic acids is 2. The van der Waals surface area contributed by atoms with Crippen molar-refractivity contribution in [1.29, 1.82) is 0 Å². The van der Waals surface area contributed by atoms with Crippen LogP contribution >= 0.6 is 0 Å². The first-order chi connectivity index (χ1) is 13.1. The topological polar surface area (TPSA) is 72.0 Å². The van der Waals surface area contributed by atoms with Gasteiger partial charge in [0.25, 0.3) is 11.8 Å². The van der Waals surface area contributed by atoms with Crippen molar-refractivity contribution >= 4 is 11.8 Å². The monoisotopic (exact) mass is 369 g/mol. The molecule has 7 heteroatoms. The van der Waals surface area contributed by atoms with E-state index in [2.05, 4.69) is 4.98 Å². The summed E-state index contributed by atoms with van der Waals surface area (Å²) in [7, 11) is 3.10. The number of amides is 2. The fourth-order valence-electron chi connectivity index (χ4n) is 3.09. The van der Waals surface area contributed by atoms with Crippen molar-refractivity contribution in [3.05, 3.63) is 53.9 Å². The highest BCUT2D eigenvalue weighted by Gasteiger charge is 2.24. The first kappa shape index (κ1) is 18.7. The zero-order chi connectivity index (χ0) is 19.2. The van der Waals surface area contributed by atoms with Crippen LogP contribution in [0.15, 0.2) is 42.6 Å². The third-order valence-electron chi connectivity index (χ3n) is 4.55. The van der Waals surface area contributed by atoms with Gasteiger partial charge in [-0.15, -0.1) is 0 Å². The number of carbonyl (C=O) groups is 2.